The third-order valence-corrected chi connectivity index (χ3v) is 2.95. The van der Waals surface area contributed by atoms with Gasteiger partial charge in [0.2, 0.25) is 0 Å². The first-order chi connectivity index (χ1) is 7.35. The molecule has 0 rings (SSSR count). The Labute approximate surface area is 97.2 Å². The van der Waals surface area contributed by atoms with E-state index in [1.54, 1.807) is 0 Å². The lowest BCUT2D eigenvalue weighted by atomic mass is 10.1. The number of rotatable bonds is 11. The third-order valence-electron chi connectivity index (χ3n) is 2.95. The van der Waals surface area contributed by atoms with Crippen LogP contribution in [0.5, 0.6) is 0 Å². The molecule has 0 saturated heterocycles. The lowest BCUT2D eigenvalue weighted by Crippen LogP contribution is -2.26. The van der Waals surface area contributed by atoms with Gasteiger partial charge in [0.15, 0.2) is 0 Å². The summed E-state index contributed by atoms with van der Waals surface area (Å²) in [5.74, 6) is 0. The zero-order valence-electron chi connectivity index (χ0n) is 11.2. The smallest absolute Gasteiger partial charge is 0.00187 e. The van der Waals surface area contributed by atoms with Gasteiger partial charge >= 0.3 is 0 Å². The Hall–Kier alpha value is -0.0400. The summed E-state index contributed by atoms with van der Waals surface area (Å²) in [6.45, 7) is 10.8. The first kappa shape index (κ1) is 15.0. The Morgan fingerprint density at radius 2 is 1.13 bits per heavy atom. The SMILES string of the molecule is CCCCCCCN(CCC)CCCC. The van der Waals surface area contributed by atoms with E-state index in [4.69, 9.17) is 0 Å². The molecule has 0 atom stereocenters. The van der Waals surface area contributed by atoms with Crippen LogP contribution in [0.4, 0.5) is 0 Å². The molecule has 15 heavy (non-hydrogen) atoms. The lowest BCUT2D eigenvalue weighted by Gasteiger charge is -2.21. The molecule has 0 radical (unpaired) electrons. The summed E-state index contributed by atoms with van der Waals surface area (Å²) >= 11 is 0. The van der Waals surface area contributed by atoms with Crippen molar-refractivity contribution in [3.05, 3.63) is 0 Å². The second-order valence-electron chi connectivity index (χ2n) is 4.61. The molecule has 0 spiro atoms. The standard InChI is InChI=1S/C14H31N/c1-4-7-9-10-11-14-15(12-6-3)13-8-5-2/h4-14H2,1-3H3. The van der Waals surface area contributed by atoms with Crippen LogP contribution in [0.25, 0.3) is 0 Å². The molecular weight excluding hydrogens is 182 g/mol. The summed E-state index contributed by atoms with van der Waals surface area (Å²) in [4.78, 5) is 2.65. The molecule has 0 fully saturated rings. The summed E-state index contributed by atoms with van der Waals surface area (Å²) in [6, 6.07) is 0. The predicted octanol–water partition coefficient (Wildman–Crippen LogP) is 4.47. The molecule has 0 aliphatic heterocycles. The average molecular weight is 213 g/mol. The van der Waals surface area contributed by atoms with Gasteiger partial charge in [-0.2, -0.15) is 0 Å². The first-order valence-electron chi connectivity index (χ1n) is 7.07. The summed E-state index contributed by atoms with van der Waals surface area (Å²) in [5, 5.41) is 0. The molecular formula is C14H31N. The largest absolute Gasteiger partial charge is 0.303 e. The van der Waals surface area contributed by atoms with Gasteiger partial charge in [0, 0.05) is 0 Å². The minimum Gasteiger partial charge on any atom is -0.303 e. The molecule has 1 heteroatoms. The van der Waals surface area contributed by atoms with Crippen molar-refractivity contribution in [2.24, 2.45) is 0 Å². The van der Waals surface area contributed by atoms with Crippen LogP contribution in [-0.4, -0.2) is 24.5 Å². The van der Waals surface area contributed by atoms with Crippen molar-refractivity contribution in [3.63, 3.8) is 0 Å². The van der Waals surface area contributed by atoms with Crippen molar-refractivity contribution in [1.29, 1.82) is 0 Å². The van der Waals surface area contributed by atoms with Crippen LogP contribution in [-0.2, 0) is 0 Å². The van der Waals surface area contributed by atoms with E-state index in [0.29, 0.717) is 0 Å². The summed E-state index contributed by atoms with van der Waals surface area (Å²) in [7, 11) is 0. The van der Waals surface area contributed by atoms with E-state index in [-0.39, 0.29) is 0 Å². The molecule has 92 valence electrons. The van der Waals surface area contributed by atoms with Gasteiger partial charge in [-0.15, -0.1) is 0 Å². The van der Waals surface area contributed by atoms with Gasteiger partial charge in [0.05, 0.1) is 0 Å². The van der Waals surface area contributed by atoms with Gasteiger partial charge < -0.3 is 4.90 Å². The van der Waals surface area contributed by atoms with Crippen molar-refractivity contribution in [3.8, 4) is 0 Å². The second-order valence-corrected chi connectivity index (χ2v) is 4.61. The maximum atomic E-state index is 2.65. The van der Waals surface area contributed by atoms with Crippen LogP contribution in [0.3, 0.4) is 0 Å². The Morgan fingerprint density at radius 3 is 1.73 bits per heavy atom. The lowest BCUT2D eigenvalue weighted by molar-refractivity contribution is 0.263. The molecule has 0 unspecified atom stereocenters. The van der Waals surface area contributed by atoms with Gasteiger partial charge in [-0.1, -0.05) is 52.9 Å². The van der Waals surface area contributed by atoms with Gasteiger partial charge in [-0.05, 0) is 38.9 Å². The van der Waals surface area contributed by atoms with E-state index in [0.717, 1.165) is 0 Å². The van der Waals surface area contributed by atoms with Crippen molar-refractivity contribution < 1.29 is 0 Å². The van der Waals surface area contributed by atoms with E-state index < -0.39 is 0 Å². The van der Waals surface area contributed by atoms with Gasteiger partial charge in [0.1, 0.15) is 0 Å². The van der Waals surface area contributed by atoms with E-state index in [2.05, 4.69) is 25.7 Å². The Morgan fingerprint density at radius 1 is 0.533 bits per heavy atom. The minimum atomic E-state index is 1.30. The minimum absolute atomic E-state index is 1.30. The molecule has 0 saturated carbocycles. The number of nitrogens with zero attached hydrogens (tertiary/aromatic N) is 1. The molecule has 0 aromatic heterocycles. The van der Waals surface area contributed by atoms with Crippen LogP contribution in [0.1, 0.15) is 72.1 Å². The van der Waals surface area contributed by atoms with Crippen molar-refractivity contribution in [2.75, 3.05) is 19.6 Å². The fourth-order valence-electron chi connectivity index (χ4n) is 1.97. The number of hydrogen-bond donors (Lipinski definition) is 0. The Balaban J connectivity index is 3.38. The van der Waals surface area contributed by atoms with Crippen LogP contribution in [0.2, 0.25) is 0 Å². The topological polar surface area (TPSA) is 3.24 Å². The number of unbranched alkanes of at least 4 members (excludes halogenated alkanes) is 5. The summed E-state index contributed by atoms with van der Waals surface area (Å²) in [6.07, 6.45) is 11.1. The maximum absolute atomic E-state index is 2.65. The highest BCUT2D eigenvalue weighted by molar-refractivity contribution is 4.57. The molecule has 0 aliphatic carbocycles. The van der Waals surface area contributed by atoms with E-state index in [1.807, 2.05) is 0 Å². The third kappa shape index (κ3) is 10.2. The molecule has 0 aromatic rings. The second kappa shape index (κ2) is 12.0. The van der Waals surface area contributed by atoms with Crippen molar-refractivity contribution >= 4 is 0 Å². The van der Waals surface area contributed by atoms with Gasteiger partial charge in [0.25, 0.3) is 0 Å². The van der Waals surface area contributed by atoms with Crippen LogP contribution >= 0.6 is 0 Å². The highest BCUT2D eigenvalue weighted by atomic mass is 15.1. The molecule has 0 amide bonds. The zero-order valence-corrected chi connectivity index (χ0v) is 11.2. The van der Waals surface area contributed by atoms with Crippen molar-refractivity contribution in [1.82, 2.24) is 4.90 Å². The maximum Gasteiger partial charge on any atom is -0.00187 e. The first-order valence-corrected chi connectivity index (χ1v) is 7.07. The monoisotopic (exact) mass is 213 g/mol. The van der Waals surface area contributed by atoms with Gasteiger partial charge in [-0.3, -0.25) is 0 Å². The molecule has 0 aromatic carbocycles. The molecule has 0 aliphatic rings. The molecule has 1 nitrogen and oxygen atoms in total. The van der Waals surface area contributed by atoms with Crippen molar-refractivity contribution in [2.45, 2.75) is 72.1 Å². The molecule has 0 heterocycles. The number of hydrogen-bond acceptors (Lipinski definition) is 1. The average Bonchev–Trinajstić information content (AvgIpc) is 2.25. The van der Waals surface area contributed by atoms with E-state index in [1.165, 1.54) is 71.0 Å². The highest BCUT2D eigenvalue weighted by Gasteiger charge is 2.01. The predicted molar refractivity (Wildman–Crippen MR) is 70.4 cm³/mol. The van der Waals surface area contributed by atoms with E-state index in [9.17, 15) is 0 Å². The molecule has 0 bridgehead atoms. The van der Waals surface area contributed by atoms with Crippen LogP contribution < -0.4 is 0 Å². The van der Waals surface area contributed by atoms with Crippen LogP contribution in [0.15, 0.2) is 0 Å². The zero-order chi connectivity index (χ0) is 11.4. The Kier molecular flexibility index (Phi) is 12.0. The summed E-state index contributed by atoms with van der Waals surface area (Å²) in [5.41, 5.74) is 0. The Bertz CT molecular complexity index is 112. The normalized spacial score (nSPS) is 11.2. The van der Waals surface area contributed by atoms with Crippen LogP contribution in [0, 0.1) is 0 Å². The fraction of sp³-hybridized carbons (Fsp3) is 1.00. The summed E-state index contributed by atoms with van der Waals surface area (Å²) < 4.78 is 0. The van der Waals surface area contributed by atoms with E-state index >= 15 is 0 Å². The fourth-order valence-corrected chi connectivity index (χ4v) is 1.97. The highest BCUT2D eigenvalue weighted by Crippen LogP contribution is 2.05. The molecule has 0 N–H and O–H groups in total. The van der Waals surface area contributed by atoms with Gasteiger partial charge in [-0.25, -0.2) is 0 Å². The quantitative estimate of drug-likeness (QED) is 0.458.